The van der Waals surface area contributed by atoms with Crippen LogP contribution in [0, 0.1) is 11.3 Å². The highest BCUT2D eigenvalue weighted by molar-refractivity contribution is 5.83. The van der Waals surface area contributed by atoms with E-state index >= 15 is 0 Å². The zero-order valence-corrected chi connectivity index (χ0v) is 10.2. The van der Waals surface area contributed by atoms with Crippen LogP contribution in [0.1, 0.15) is 11.1 Å². The topological polar surface area (TPSA) is 93.4 Å². The number of nitriles is 1. The fraction of sp³-hybridized carbons (Fsp3) is 0.308. The number of aliphatic carboxylic acids is 1. The van der Waals surface area contributed by atoms with E-state index < -0.39 is 12.0 Å². The third-order valence-electron chi connectivity index (χ3n) is 3.03. The van der Waals surface area contributed by atoms with E-state index in [0.717, 1.165) is 5.56 Å². The van der Waals surface area contributed by atoms with E-state index in [1.54, 1.807) is 29.2 Å². The number of rotatable bonds is 3. The molecular weight excluding hydrogens is 246 g/mol. The van der Waals surface area contributed by atoms with Gasteiger partial charge in [0.05, 0.1) is 18.2 Å². The van der Waals surface area contributed by atoms with Gasteiger partial charge in [0, 0.05) is 13.1 Å². The highest BCUT2D eigenvalue weighted by Crippen LogP contribution is 2.12. The Bertz CT molecular complexity index is 533. The number of hydrogen-bond acceptors (Lipinski definition) is 4. The molecule has 1 aliphatic heterocycles. The standard InChI is InChI=1S/C13H13N3O3/c14-5-9-1-3-10(4-2-9)7-16-8-12(17)15-6-11(16)13(18)19/h1-4,11H,6-8H2,(H,15,17)(H,18,19). The zero-order chi connectivity index (χ0) is 13.8. The second-order valence-corrected chi connectivity index (χ2v) is 4.37. The predicted molar refractivity (Wildman–Crippen MR) is 66.0 cm³/mol. The van der Waals surface area contributed by atoms with Crippen LogP contribution in [0.3, 0.4) is 0 Å². The molecule has 1 fully saturated rings. The molecule has 0 radical (unpaired) electrons. The molecule has 0 aliphatic carbocycles. The number of nitrogens with zero attached hydrogens (tertiary/aromatic N) is 2. The van der Waals surface area contributed by atoms with Gasteiger partial charge in [0.2, 0.25) is 5.91 Å². The van der Waals surface area contributed by atoms with Gasteiger partial charge < -0.3 is 10.4 Å². The van der Waals surface area contributed by atoms with Gasteiger partial charge in [0.15, 0.2) is 0 Å². The third kappa shape index (κ3) is 3.09. The van der Waals surface area contributed by atoms with E-state index in [1.807, 2.05) is 6.07 Å². The van der Waals surface area contributed by atoms with E-state index in [-0.39, 0.29) is 19.0 Å². The Labute approximate surface area is 110 Å². The van der Waals surface area contributed by atoms with Crippen LogP contribution in [0.2, 0.25) is 0 Å². The average Bonchev–Trinajstić information content (AvgIpc) is 2.39. The summed E-state index contributed by atoms with van der Waals surface area (Å²) in [7, 11) is 0. The molecule has 0 bridgehead atoms. The van der Waals surface area contributed by atoms with Gasteiger partial charge in [-0.15, -0.1) is 0 Å². The summed E-state index contributed by atoms with van der Waals surface area (Å²) < 4.78 is 0. The second kappa shape index (κ2) is 5.50. The first-order valence-corrected chi connectivity index (χ1v) is 5.83. The Morgan fingerprint density at radius 1 is 1.47 bits per heavy atom. The summed E-state index contributed by atoms with van der Waals surface area (Å²) in [6, 6.07) is 8.19. The van der Waals surface area contributed by atoms with Crippen molar-refractivity contribution in [3.63, 3.8) is 0 Å². The molecule has 0 spiro atoms. The fourth-order valence-corrected chi connectivity index (χ4v) is 2.02. The van der Waals surface area contributed by atoms with Gasteiger partial charge in [-0.1, -0.05) is 12.1 Å². The van der Waals surface area contributed by atoms with Crippen molar-refractivity contribution in [2.75, 3.05) is 13.1 Å². The van der Waals surface area contributed by atoms with Crippen LogP contribution in [0.5, 0.6) is 0 Å². The molecule has 1 amide bonds. The molecule has 1 aromatic rings. The summed E-state index contributed by atoms with van der Waals surface area (Å²) in [6.45, 7) is 0.553. The molecule has 1 heterocycles. The van der Waals surface area contributed by atoms with Gasteiger partial charge in [-0.25, -0.2) is 0 Å². The van der Waals surface area contributed by atoms with Crippen LogP contribution >= 0.6 is 0 Å². The van der Waals surface area contributed by atoms with Gasteiger partial charge in [0.25, 0.3) is 0 Å². The van der Waals surface area contributed by atoms with E-state index in [1.165, 1.54) is 0 Å². The maximum atomic E-state index is 11.3. The van der Waals surface area contributed by atoms with Crippen molar-refractivity contribution in [3.05, 3.63) is 35.4 Å². The van der Waals surface area contributed by atoms with Crippen LogP contribution in [0.25, 0.3) is 0 Å². The van der Waals surface area contributed by atoms with E-state index in [9.17, 15) is 9.59 Å². The molecule has 0 aromatic heterocycles. The van der Waals surface area contributed by atoms with Gasteiger partial charge in [-0.2, -0.15) is 5.26 Å². The smallest absolute Gasteiger partial charge is 0.322 e. The number of carbonyl (C=O) groups is 2. The lowest BCUT2D eigenvalue weighted by atomic mass is 10.1. The van der Waals surface area contributed by atoms with E-state index in [0.29, 0.717) is 12.1 Å². The lowest BCUT2D eigenvalue weighted by molar-refractivity contribution is -0.146. The summed E-state index contributed by atoms with van der Waals surface area (Å²) in [6.07, 6.45) is 0. The third-order valence-corrected chi connectivity index (χ3v) is 3.03. The molecule has 2 rings (SSSR count). The molecule has 6 nitrogen and oxygen atoms in total. The van der Waals surface area contributed by atoms with Crippen molar-refractivity contribution in [1.29, 1.82) is 5.26 Å². The Balaban J connectivity index is 2.11. The van der Waals surface area contributed by atoms with Gasteiger partial charge >= 0.3 is 5.97 Å². The van der Waals surface area contributed by atoms with E-state index in [4.69, 9.17) is 10.4 Å². The summed E-state index contributed by atoms with van der Waals surface area (Å²) in [5, 5.41) is 20.4. The van der Waals surface area contributed by atoms with Crippen LogP contribution in [-0.4, -0.2) is 41.0 Å². The molecule has 1 aliphatic rings. The highest BCUT2D eigenvalue weighted by atomic mass is 16.4. The minimum Gasteiger partial charge on any atom is -0.480 e. The van der Waals surface area contributed by atoms with Crippen LogP contribution in [0.4, 0.5) is 0 Å². The van der Waals surface area contributed by atoms with Gasteiger partial charge in [-0.3, -0.25) is 14.5 Å². The molecule has 1 saturated heterocycles. The Kier molecular flexibility index (Phi) is 3.78. The number of carboxylic acid groups (broad SMARTS) is 1. The largest absolute Gasteiger partial charge is 0.480 e. The second-order valence-electron chi connectivity index (χ2n) is 4.37. The summed E-state index contributed by atoms with van der Waals surface area (Å²) in [5.41, 5.74) is 1.43. The molecule has 0 saturated carbocycles. The molecular formula is C13H13N3O3. The molecule has 1 aromatic carbocycles. The number of nitrogens with one attached hydrogen (secondary N) is 1. The Hall–Kier alpha value is -2.39. The van der Waals surface area contributed by atoms with Crippen LogP contribution in [0.15, 0.2) is 24.3 Å². The van der Waals surface area contributed by atoms with E-state index in [2.05, 4.69) is 5.32 Å². The first-order chi connectivity index (χ1) is 9.10. The minimum atomic E-state index is -0.950. The molecule has 2 N–H and O–H groups in total. The molecule has 1 atom stereocenters. The zero-order valence-electron chi connectivity index (χ0n) is 10.2. The number of benzene rings is 1. The van der Waals surface area contributed by atoms with Gasteiger partial charge in [0.1, 0.15) is 6.04 Å². The number of carboxylic acids is 1. The lowest BCUT2D eigenvalue weighted by Crippen LogP contribution is -2.56. The minimum absolute atomic E-state index is 0.0664. The van der Waals surface area contributed by atoms with Crippen LogP contribution in [-0.2, 0) is 16.1 Å². The number of carbonyl (C=O) groups excluding carboxylic acids is 1. The first-order valence-electron chi connectivity index (χ1n) is 5.83. The number of piperazine rings is 1. The molecule has 19 heavy (non-hydrogen) atoms. The summed E-state index contributed by atoms with van der Waals surface area (Å²) in [5.74, 6) is -1.13. The lowest BCUT2D eigenvalue weighted by Gasteiger charge is -2.32. The SMILES string of the molecule is N#Cc1ccc(CN2CC(=O)NCC2C(=O)O)cc1. The monoisotopic (exact) mass is 259 g/mol. The highest BCUT2D eigenvalue weighted by Gasteiger charge is 2.31. The summed E-state index contributed by atoms with van der Waals surface area (Å²) in [4.78, 5) is 24.1. The van der Waals surface area contributed by atoms with Crippen molar-refractivity contribution >= 4 is 11.9 Å². The maximum absolute atomic E-state index is 11.3. The van der Waals surface area contributed by atoms with Crippen LogP contribution < -0.4 is 5.32 Å². The fourth-order valence-electron chi connectivity index (χ4n) is 2.02. The number of amides is 1. The quantitative estimate of drug-likeness (QED) is 0.793. The average molecular weight is 259 g/mol. The molecule has 6 heteroatoms. The number of hydrogen-bond donors (Lipinski definition) is 2. The summed E-state index contributed by atoms with van der Waals surface area (Å²) >= 11 is 0. The van der Waals surface area contributed by atoms with Crippen molar-refractivity contribution in [1.82, 2.24) is 10.2 Å². The molecule has 98 valence electrons. The van der Waals surface area contributed by atoms with Crippen molar-refractivity contribution in [2.45, 2.75) is 12.6 Å². The van der Waals surface area contributed by atoms with Crippen molar-refractivity contribution in [2.24, 2.45) is 0 Å². The van der Waals surface area contributed by atoms with Crippen molar-refractivity contribution < 1.29 is 14.7 Å². The molecule has 1 unspecified atom stereocenters. The Morgan fingerprint density at radius 2 is 2.16 bits per heavy atom. The normalized spacial score (nSPS) is 19.5. The first kappa shape index (κ1) is 13.1. The van der Waals surface area contributed by atoms with Crippen molar-refractivity contribution in [3.8, 4) is 6.07 Å². The Morgan fingerprint density at radius 3 is 2.74 bits per heavy atom. The van der Waals surface area contributed by atoms with Gasteiger partial charge in [-0.05, 0) is 17.7 Å². The maximum Gasteiger partial charge on any atom is 0.322 e. The predicted octanol–water partition coefficient (Wildman–Crippen LogP) is -0.0567.